The lowest BCUT2D eigenvalue weighted by Crippen LogP contribution is -2.16. The van der Waals surface area contributed by atoms with Gasteiger partial charge in [0, 0.05) is 5.56 Å². The number of aromatic nitrogens is 1. The molecule has 7 heteroatoms. The van der Waals surface area contributed by atoms with Crippen LogP contribution in [-0.2, 0) is 6.61 Å². The van der Waals surface area contributed by atoms with E-state index in [1.165, 1.54) is 12.1 Å². The number of ether oxygens (including phenoxy) is 1. The molecule has 3 rings (SSSR count). The summed E-state index contributed by atoms with van der Waals surface area (Å²) >= 11 is 0. The zero-order valence-electron chi connectivity index (χ0n) is 14.0. The van der Waals surface area contributed by atoms with Gasteiger partial charge in [-0.05, 0) is 29.3 Å². The molecule has 0 atom stereocenters. The minimum absolute atomic E-state index is 0.0123. The van der Waals surface area contributed by atoms with Gasteiger partial charge in [-0.15, -0.1) is 0 Å². The zero-order chi connectivity index (χ0) is 19.4. The summed E-state index contributed by atoms with van der Waals surface area (Å²) in [6, 6.07) is 16.5. The summed E-state index contributed by atoms with van der Waals surface area (Å²) in [5.41, 5.74) is 6.17. The van der Waals surface area contributed by atoms with Gasteiger partial charge in [0.25, 0.3) is 5.56 Å². The van der Waals surface area contributed by atoms with Gasteiger partial charge >= 0.3 is 0 Å². The highest BCUT2D eigenvalue weighted by atomic mass is 19.1. The topological polar surface area (TPSA) is 116 Å². The maximum absolute atomic E-state index is 13.7. The molecule has 0 bridgehead atoms. The highest BCUT2D eigenvalue weighted by molar-refractivity contribution is 5.80. The quantitative estimate of drug-likeness (QED) is 0.742. The fraction of sp³-hybridized carbons (Fsp3) is 0.0500. The molecule has 0 aliphatic rings. The first kappa shape index (κ1) is 17.7. The number of halogens is 1. The number of pyridine rings is 1. The predicted molar refractivity (Wildman–Crippen MR) is 97.1 cm³/mol. The summed E-state index contributed by atoms with van der Waals surface area (Å²) in [5, 5.41) is 18.7. The van der Waals surface area contributed by atoms with E-state index < -0.39 is 11.4 Å². The van der Waals surface area contributed by atoms with Crippen LogP contribution in [0.4, 0.5) is 10.2 Å². The minimum Gasteiger partial charge on any atom is -0.486 e. The highest BCUT2D eigenvalue weighted by Gasteiger charge is 2.18. The Kier molecular flexibility index (Phi) is 4.87. The second kappa shape index (κ2) is 7.42. The van der Waals surface area contributed by atoms with Crippen molar-refractivity contribution in [3.05, 3.63) is 81.4 Å². The van der Waals surface area contributed by atoms with Crippen LogP contribution in [0.5, 0.6) is 5.75 Å². The molecule has 3 aromatic rings. The zero-order valence-corrected chi connectivity index (χ0v) is 14.0. The number of H-pyrrole nitrogens is 1. The molecule has 0 unspecified atom stereocenters. The summed E-state index contributed by atoms with van der Waals surface area (Å²) in [5.74, 6) is -0.474. The number of nitrogens with two attached hydrogens (primary N) is 1. The van der Waals surface area contributed by atoms with E-state index in [1.807, 2.05) is 12.1 Å². The van der Waals surface area contributed by atoms with Crippen LogP contribution in [-0.4, -0.2) is 4.98 Å². The molecule has 0 amide bonds. The summed E-state index contributed by atoms with van der Waals surface area (Å²) < 4.78 is 19.2. The maximum atomic E-state index is 13.7. The Bertz CT molecular complexity index is 1160. The normalized spacial score (nSPS) is 10.0. The van der Waals surface area contributed by atoms with E-state index in [2.05, 4.69) is 4.98 Å². The van der Waals surface area contributed by atoms with Crippen molar-refractivity contribution in [1.29, 1.82) is 10.5 Å². The number of aromatic amines is 1. The minimum atomic E-state index is -0.669. The van der Waals surface area contributed by atoms with E-state index >= 15 is 0 Å². The molecule has 0 saturated heterocycles. The number of nitriles is 2. The van der Waals surface area contributed by atoms with Crippen LogP contribution in [0.25, 0.3) is 11.1 Å². The van der Waals surface area contributed by atoms with E-state index in [9.17, 15) is 19.7 Å². The Morgan fingerprint density at radius 1 is 1.07 bits per heavy atom. The Hall–Kier alpha value is -4.10. The molecule has 132 valence electrons. The van der Waals surface area contributed by atoms with E-state index in [0.717, 1.165) is 0 Å². The number of anilines is 1. The molecule has 0 aliphatic heterocycles. The molecule has 27 heavy (non-hydrogen) atoms. The highest BCUT2D eigenvalue weighted by Crippen LogP contribution is 2.29. The molecule has 6 nitrogen and oxygen atoms in total. The van der Waals surface area contributed by atoms with Gasteiger partial charge in [-0.1, -0.05) is 30.3 Å². The van der Waals surface area contributed by atoms with Crippen molar-refractivity contribution in [2.24, 2.45) is 0 Å². The molecule has 1 aromatic heterocycles. The molecule has 0 spiro atoms. The van der Waals surface area contributed by atoms with Crippen molar-refractivity contribution >= 4 is 5.82 Å². The van der Waals surface area contributed by atoms with Gasteiger partial charge < -0.3 is 15.5 Å². The summed E-state index contributed by atoms with van der Waals surface area (Å²) in [6.45, 7) is 0.0667. The number of benzene rings is 2. The second-order valence-corrected chi connectivity index (χ2v) is 5.64. The largest absolute Gasteiger partial charge is 0.486 e. The van der Waals surface area contributed by atoms with Crippen molar-refractivity contribution in [1.82, 2.24) is 4.98 Å². The lowest BCUT2D eigenvalue weighted by molar-refractivity contribution is 0.290. The van der Waals surface area contributed by atoms with Crippen molar-refractivity contribution in [2.75, 3.05) is 5.73 Å². The van der Waals surface area contributed by atoms with E-state index in [1.54, 1.807) is 36.4 Å². The fourth-order valence-corrected chi connectivity index (χ4v) is 2.67. The molecule has 0 fully saturated rings. The molecular weight excluding hydrogens is 347 g/mol. The van der Waals surface area contributed by atoms with Crippen LogP contribution in [0.3, 0.4) is 0 Å². The van der Waals surface area contributed by atoms with Crippen molar-refractivity contribution in [2.45, 2.75) is 6.61 Å². The van der Waals surface area contributed by atoms with Crippen molar-refractivity contribution in [3.63, 3.8) is 0 Å². The number of nitrogens with zero attached hydrogens (tertiary/aromatic N) is 2. The molecule has 0 aliphatic carbocycles. The second-order valence-electron chi connectivity index (χ2n) is 5.64. The number of para-hydroxylation sites is 1. The summed E-state index contributed by atoms with van der Waals surface area (Å²) in [7, 11) is 0. The van der Waals surface area contributed by atoms with E-state index in [-0.39, 0.29) is 34.9 Å². The number of nitrogen functional groups attached to an aromatic ring is 1. The van der Waals surface area contributed by atoms with Gasteiger partial charge in [0.1, 0.15) is 35.7 Å². The number of rotatable bonds is 4. The Morgan fingerprint density at radius 3 is 2.52 bits per heavy atom. The third-order valence-corrected chi connectivity index (χ3v) is 3.91. The monoisotopic (exact) mass is 360 g/mol. The molecule has 2 aromatic carbocycles. The number of hydrogen-bond donors (Lipinski definition) is 2. The fourth-order valence-electron chi connectivity index (χ4n) is 2.67. The van der Waals surface area contributed by atoms with Gasteiger partial charge in [-0.25, -0.2) is 4.39 Å². The maximum Gasteiger partial charge on any atom is 0.268 e. The number of nitrogens with one attached hydrogen (secondary N) is 1. The first-order valence-corrected chi connectivity index (χ1v) is 7.87. The van der Waals surface area contributed by atoms with Gasteiger partial charge in [0.05, 0.1) is 0 Å². The van der Waals surface area contributed by atoms with Gasteiger partial charge in [-0.3, -0.25) is 4.79 Å². The van der Waals surface area contributed by atoms with Crippen LogP contribution in [0.15, 0.2) is 53.3 Å². The van der Waals surface area contributed by atoms with Crippen molar-refractivity contribution < 1.29 is 9.13 Å². The average Bonchev–Trinajstić information content (AvgIpc) is 2.67. The number of hydrogen-bond acceptors (Lipinski definition) is 5. The smallest absolute Gasteiger partial charge is 0.268 e. The van der Waals surface area contributed by atoms with Crippen molar-refractivity contribution in [3.8, 4) is 29.0 Å². The van der Waals surface area contributed by atoms with Crippen LogP contribution in [0, 0.1) is 28.5 Å². The third-order valence-electron chi connectivity index (χ3n) is 3.91. The van der Waals surface area contributed by atoms with Crippen LogP contribution in [0.2, 0.25) is 0 Å². The molecule has 0 saturated carbocycles. The summed E-state index contributed by atoms with van der Waals surface area (Å²) in [6.07, 6.45) is 0. The average molecular weight is 360 g/mol. The molecular formula is C20H13FN4O2. The molecule has 3 N–H and O–H groups in total. The van der Waals surface area contributed by atoms with Gasteiger partial charge in [-0.2, -0.15) is 10.5 Å². The first-order valence-electron chi connectivity index (χ1n) is 7.87. The Balaban J connectivity index is 2.02. The first-order chi connectivity index (χ1) is 13.0. The van der Waals surface area contributed by atoms with E-state index in [0.29, 0.717) is 11.1 Å². The van der Waals surface area contributed by atoms with Gasteiger partial charge in [0.15, 0.2) is 11.6 Å². The lowest BCUT2D eigenvalue weighted by Gasteiger charge is -2.11. The van der Waals surface area contributed by atoms with Crippen LogP contribution >= 0.6 is 0 Å². The van der Waals surface area contributed by atoms with Gasteiger partial charge in [0.2, 0.25) is 0 Å². The molecule has 1 heterocycles. The Labute approximate surface area is 153 Å². The van der Waals surface area contributed by atoms with E-state index in [4.69, 9.17) is 10.5 Å². The summed E-state index contributed by atoms with van der Waals surface area (Å²) in [4.78, 5) is 14.3. The third kappa shape index (κ3) is 3.48. The molecule has 0 radical (unpaired) electrons. The predicted octanol–water partition coefficient (Wildman–Crippen LogP) is 3.09. The van der Waals surface area contributed by atoms with Crippen LogP contribution in [0.1, 0.15) is 16.7 Å². The SMILES string of the molecule is N#Cc1c(N)[nH]c(=O)c(C#N)c1-c1cccc(COc2ccccc2F)c1. The standard InChI is InChI=1S/C20H13FN4O2/c21-16-6-1-2-7-17(16)27-11-12-4-3-5-13(8-12)18-14(9-22)19(24)25-20(26)15(18)10-23/h1-8H,11H2,(H3,24,25,26). The Morgan fingerprint density at radius 2 is 1.81 bits per heavy atom. The van der Waals surface area contributed by atoms with Crippen LogP contribution < -0.4 is 16.0 Å². The lowest BCUT2D eigenvalue weighted by atomic mass is 9.95.